The molecular weight excluding hydrogens is 272 g/mol. The number of thiazole rings is 1. The molecule has 0 aliphatic rings. The van der Waals surface area contributed by atoms with Crippen molar-refractivity contribution in [2.75, 3.05) is 13.2 Å². The van der Waals surface area contributed by atoms with Crippen LogP contribution in [-0.4, -0.2) is 35.0 Å². The van der Waals surface area contributed by atoms with E-state index in [4.69, 9.17) is 4.74 Å². The molecule has 1 aromatic heterocycles. The van der Waals surface area contributed by atoms with E-state index in [2.05, 4.69) is 49.9 Å². The molecule has 4 nitrogen and oxygen atoms in total. The van der Waals surface area contributed by atoms with Gasteiger partial charge in [0.25, 0.3) is 0 Å². The summed E-state index contributed by atoms with van der Waals surface area (Å²) in [5.41, 5.74) is 1.10. The normalized spacial score (nSPS) is 12.2. The third-order valence-electron chi connectivity index (χ3n) is 2.93. The van der Waals surface area contributed by atoms with Gasteiger partial charge in [-0.15, -0.1) is 11.3 Å². The Balaban J connectivity index is 2.71. The van der Waals surface area contributed by atoms with E-state index in [1.54, 1.807) is 11.3 Å². The van der Waals surface area contributed by atoms with Crippen LogP contribution in [0.2, 0.25) is 0 Å². The van der Waals surface area contributed by atoms with Crippen molar-refractivity contribution in [1.29, 1.82) is 0 Å². The summed E-state index contributed by atoms with van der Waals surface area (Å²) in [6, 6.07) is 0.277. The van der Waals surface area contributed by atoms with Crippen LogP contribution >= 0.6 is 11.3 Å². The molecule has 20 heavy (non-hydrogen) atoms. The molecule has 0 N–H and O–H groups in total. The largest absolute Gasteiger partial charge is 0.465 e. The maximum atomic E-state index is 11.6. The molecule has 0 saturated carbocycles. The highest BCUT2D eigenvalue weighted by Gasteiger charge is 2.20. The van der Waals surface area contributed by atoms with Gasteiger partial charge in [-0.2, -0.15) is 0 Å². The third kappa shape index (κ3) is 5.21. The van der Waals surface area contributed by atoms with Crippen LogP contribution in [0.4, 0.5) is 0 Å². The smallest absolute Gasteiger partial charge is 0.320 e. The van der Waals surface area contributed by atoms with E-state index < -0.39 is 0 Å². The summed E-state index contributed by atoms with van der Waals surface area (Å²) < 4.78 is 5.02. The quantitative estimate of drug-likeness (QED) is 0.756. The highest BCUT2D eigenvalue weighted by atomic mass is 32.1. The van der Waals surface area contributed by atoms with E-state index in [-0.39, 0.29) is 17.4 Å². The SMILES string of the molecule is CCOC(=O)CN(Cc1csc(C(C)(C)C)n1)C(C)C. The Morgan fingerprint density at radius 3 is 2.55 bits per heavy atom. The summed E-state index contributed by atoms with van der Waals surface area (Å²) in [5, 5.41) is 3.22. The molecule has 1 rings (SSSR count). The predicted molar refractivity (Wildman–Crippen MR) is 83.0 cm³/mol. The first-order chi connectivity index (χ1) is 9.24. The van der Waals surface area contributed by atoms with Crippen molar-refractivity contribution in [3.63, 3.8) is 0 Å². The molecular formula is C15H26N2O2S. The zero-order chi connectivity index (χ0) is 15.3. The lowest BCUT2D eigenvalue weighted by molar-refractivity contribution is -0.145. The van der Waals surface area contributed by atoms with Crippen LogP contribution in [0, 0.1) is 0 Å². The molecule has 0 spiro atoms. The number of nitrogens with zero attached hydrogens (tertiary/aromatic N) is 2. The molecule has 1 aromatic rings. The summed E-state index contributed by atoms with van der Waals surface area (Å²) in [7, 11) is 0. The molecule has 5 heteroatoms. The van der Waals surface area contributed by atoms with Gasteiger partial charge >= 0.3 is 5.97 Å². The standard InChI is InChI=1S/C15H26N2O2S/c1-7-19-13(18)9-17(11(2)3)8-12-10-20-14(16-12)15(4,5)6/h10-11H,7-9H2,1-6H3. The van der Waals surface area contributed by atoms with Gasteiger partial charge < -0.3 is 4.74 Å². The van der Waals surface area contributed by atoms with Crippen molar-refractivity contribution in [3.05, 3.63) is 16.1 Å². The molecule has 0 aliphatic heterocycles. The second-order valence-corrected chi connectivity index (χ2v) is 7.06. The molecule has 0 aromatic carbocycles. The van der Waals surface area contributed by atoms with Crippen molar-refractivity contribution in [2.45, 2.75) is 59.5 Å². The maximum absolute atomic E-state index is 11.6. The number of hydrogen-bond donors (Lipinski definition) is 0. The van der Waals surface area contributed by atoms with Crippen LogP contribution in [0.15, 0.2) is 5.38 Å². The van der Waals surface area contributed by atoms with Gasteiger partial charge in [0.05, 0.1) is 23.9 Å². The Labute approximate surface area is 126 Å². The highest BCUT2D eigenvalue weighted by Crippen LogP contribution is 2.26. The van der Waals surface area contributed by atoms with Crippen LogP contribution in [0.3, 0.4) is 0 Å². The van der Waals surface area contributed by atoms with Crippen LogP contribution in [0.1, 0.15) is 52.2 Å². The maximum Gasteiger partial charge on any atom is 0.320 e. The first-order valence-electron chi connectivity index (χ1n) is 7.08. The summed E-state index contributed by atoms with van der Waals surface area (Å²) in [5.74, 6) is -0.174. The summed E-state index contributed by atoms with van der Waals surface area (Å²) in [6.07, 6.45) is 0. The summed E-state index contributed by atoms with van der Waals surface area (Å²) in [6.45, 7) is 13.9. The van der Waals surface area contributed by atoms with Crippen molar-refractivity contribution in [3.8, 4) is 0 Å². The van der Waals surface area contributed by atoms with Gasteiger partial charge in [-0.05, 0) is 20.8 Å². The average molecular weight is 298 g/mol. The van der Waals surface area contributed by atoms with Crippen LogP contribution in [-0.2, 0) is 21.5 Å². The van der Waals surface area contributed by atoms with E-state index in [9.17, 15) is 4.79 Å². The molecule has 0 aliphatic carbocycles. The van der Waals surface area contributed by atoms with Crippen molar-refractivity contribution in [1.82, 2.24) is 9.88 Å². The number of carbonyl (C=O) groups excluding carboxylic acids is 1. The summed E-state index contributed by atoms with van der Waals surface area (Å²) >= 11 is 1.69. The van der Waals surface area contributed by atoms with Gasteiger partial charge in [-0.3, -0.25) is 9.69 Å². The van der Waals surface area contributed by atoms with Crippen LogP contribution in [0.25, 0.3) is 0 Å². The lowest BCUT2D eigenvalue weighted by Crippen LogP contribution is -2.36. The van der Waals surface area contributed by atoms with E-state index in [0.29, 0.717) is 19.7 Å². The number of esters is 1. The van der Waals surface area contributed by atoms with Gasteiger partial charge in [0.2, 0.25) is 0 Å². The molecule has 0 bridgehead atoms. The van der Waals surface area contributed by atoms with E-state index in [1.807, 2.05) is 6.92 Å². The Morgan fingerprint density at radius 1 is 1.45 bits per heavy atom. The van der Waals surface area contributed by atoms with E-state index in [0.717, 1.165) is 10.7 Å². The van der Waals surface area contributed by atoms with Crippen molar-refractivity contribution >= 4 is 17.3 Å². The molecule has 0 amide bonds. The number of aromatic nitrogens is 1. The summed E-state index contributed by atoms with van der Waals surface area (Å²) in [4.78, 5) is 18.4. The molecule has 0 saturated heterocycles. The number of rotatable bonds is 6. The van der Waals surface area contributed by atoms with E-state index >= 15 is 0 Å². The fourth-order valence-electron chi connectivity index (χ4n) is 1.73. The highest BCUT2D eigenvalue weighted by molar-refractivity contribution is 7.09. The molecule has 0 fully saturated rings. The minimum absolute atomic E-state index is 0.0761. The van der Waals surface area contributed by atoms with Gasteiger partial charge in [0, 0.05) is 23.4 Å². The predicted octanol–water partition coefficient (Wildman–Crippen LogP) is 3.21. The lowest BCUT2D eigenvalue weighted by atomic mass is 9.98. The van der Waals surface area contributed by atoms with Gasteiger partial charge in [-0.25, -0.2) is 4.98 Å². The second-order valence-electron chi connectivity index (χ2n) is 6.20. The Kier molecular flexibility index (Phi) is 6.14. The van der Waals surface area contributed by atoms with Gasteiger partial charge in [0.1, 0.15) is 0 Å². The number of ether oxygens (including phenoxy) is 1. The second kappa shape index (κ2) is 7.18. The van der Waals surface area contributed by atoms with Crippen LogP contribution in [0.5, 0.6) is 0 Å². The minimum atomic E-state index is -0.174. The minimum Gasteiger partial charge on any atom is -0.465 e. The Morgan fingerprint density at radius 2 is 2.10 bits per heavy atom. The lowest BCUT2D eigenvalue weighted by Gasteiger charge is -2.24. The topological polar surface area (TPSA) is 42.4 Å². The van der Waals surface area contributed by atoms with E-state index in [1.165, 1.54) is 0 Å². The molecule has 114 valence electrons. The monoisotopic (exact) mass is 298 g/mol. The zero-order valence-electron chi connectivity index (χ0n) is 13.4. The first kappa shape index (κ1) is 17.1. The van der Waals surface area contributed by atoms with Crippen LogP contribution < -0.4 is 0 Å². The number of carbonyl (C=O) groups is 1. The molecule has 0 atom stereocenters. The Hall–Kier alpha value is -0.940. The fraction of sp³-hybridized carbons (Fsp3) is 0.733. The third-order valence-corrected chi connectivity index (χ3v) is 4.24. The Bertz CT molecular complexity index is 435. The average Bonchev–Trinajstić information content (AvgIpc) is 2.76. The first-order valence-corrected chi connectivity index (χ1v) is 7.96. The molecule has 0 radical (unpaired) electrons. The number of hydrogen-bond acceptors (Lipinski definition) is 5. The zero-order valence-corrected chi connectivity index (χ0v) is 14.2. The van der Waals surface area contributed by atoms with Gasteiger partial charge in [-0.1, -0.05) is 20.8 Å². The van der Waals surface area contributed by atoms with Crippen molar-refractivity contribution in [2.24, 2.45) is 0 Å². The van der Waals surface area contributed by atoms with Crippen molar-refractivity contribution < 1.29 is 9.53 Å². The van der Waals surface area contributed by atoms with Gasteiger partial charge in [0.15, 0.2) is 0 Å². The molecule has 1 heterocycles. The molecule has 0 unspecified atom stereocenters. The fourth-order valence-corrected chi connectivity index (χ4v) is 2.62.